The number of methoxy groups -OCH3 is 1. The molecule has 0 radical (unpaired) electrons. The Morgan fingerprint density at radius 3 is 2.26 bits per heavy atom. The molecule has 0 aliphatic carbocycles. The third-order valence-corrected chi connectivity index (χ3v) is 6.81. The number of carbonyl (C=O) groups excluding carboxylic acids is 2. The van der Waals surface area contributed by atoms with Gasteiger partial charge in [0.15, 0.2) is 0 Å². The maximum atomic E-state index is 13.8. The maximum Gasteiger partial charge on any atom is 0.244 e. The number of anilines is 1. The lowest BCUT2D eigenvalue weighted by atomic mass is 10.1. The maximum absolute atomic E-state index is 13.8. The Morgan fingerprint density at radius 1 is 1.09 bits per heavy atom. The smallest absolute Gasteiger partial charge is 0.244 e. The number of benzene rings is 2. The number of hydrogen-bond acceptors (Lipinski definition) is 5. The van der Waals surface area contributed by atoms with Crippen molar-refractivity contribution in [2.45, 2.75) is 52.2 Å². The summed E-state index contributed by atoms with van der Waals surface area (Å²) in [6.45, 7) is 5.10. The van der Waals surface area contributed by atoms with Crippen LogP contribution in [0.1, 0.15) is 39.2 Å². The van der Waals surface area contributed by atoms with Crippen molar-refractivity contribution in [3.8, 4) is 5.75 Å². The van der Waals surface area contributed by atoms with Gasteiger partial charge in [-0.2, -0.15) is 0 Å². The van der Waals surface area contributed by atoms with Crippen molar-refractivity contribution in [1.82, 2.24) is 10.2 Å². The van der Waals surface area contributed by atoms with Crippen LogP contribution in [0.4, 0.5) is 10.1 Å². The first-order valence-corrected chi connectivity index (χ1v) is 13.3. The molecule has 2 aromatic rings. The van der Waals surface area contributed by atoms with Crippen molar-refractivity contribution in [1.29, 1.82) is 0 Å². The van der Waals surface area contributed by atoms with Gasteiger partial charge < -0.3 is 15.0 Å². The minimum atomic E-state index is -3.92. The fourth-order valence-electron chi connectivity index (χ4n) is 3.53. The molecule has 0 aliphatic heterocycles. The first-order valence-electron chi connectivity index (χ1n) is 11.5. The van der Waals surface area contributed by atoms with Crippen LogP contribution < -0.4 is 14.4 Å². The largest absolute Gasteiger partial charge is 0.497 e. The van der Waals surface area contributed by atoms with E-state index in [1.54, 1.807) is 38.3 Å². The van der Waals surface area contributed by atoms with E-state index in [0.717, 1.165) is 28.6 Å². The van der Waals surface area contributed by atoms with E-state index in [4.69, 9.17) is 4.74 Å². The number of amides is 2. The van der Waals surface area contributed by atoms with Gasteiger partial charge in [-0.15, -0.1) is 0 Å². The lowest BCUT2D eigenvalue weighted by Crippen LogP contribution is -2.53. The molecular weight excluding hydrogens is 473 g/mol. The summed E-state index contributed by atoms with van der Waals surface area (Å²) < 4.78 is 44.9. The van der Waals surface area contributed by atoms with E-state index in [0.29, 0.717) is 12.2 Å². The van der Waals surface area contributed by atoms with Gasteiger partial charge in [0.25, 0.3) is 0 Å². The highest BCUT2D eigenvalue weighted by Gasteiger charge is 2.32. The number of halogens is 1. The lowest BCUT2D eigenvalue weighted by Gasteiger charge is -2.33. The van der Waals surface area contributed by atoms with Gasteiger partial charge >= 0.3 is 0 Å². The van der Waals surface area contributed by atoms with E-state index in [1.165, 1.54) is 23.1 Å². The molecule has 35 heavy (non-hydrogen) atoms. The van der Waals surface area contributed by atoms with Crippen molar-refractivity contribution >= 4 is 27.5 Å². The zero-order chi connectivity index (χ0) is 26.2. The number of nitrogens with zero attached hydrogens (tertiary/aromatic N) is 2. The zero-order valence-electron chi connectivity index (χ0n) is 20.8. The van der Waals surface area contributed by atoms with Crippen LogP contribution in [0.25, 0.3) is 0 Å². The number of hydrogen-bond donors (Lipinski definition) is 1. The normalized spacial score (nSPS) is 13.0. The third-order valence-electron chi connectivity index (χ3n) is 5.67. The van der Waals surface area contributed by atoms with Gasteiger partial charge in [-0.25, -0.2) is 12.8 Å². The second-order valence-corrected chi connectivity index (χ2v) is 10.3. The summed E-state index contributed by atoms with van der Waals surface area (Å²) in [7, 11) is -2.37. The van der Waals surface area contributed by atoms with Crippen LogP contribution in [0.15, 0.2) is 48.5 Å². The Labute approximate surface area is 207 Å². The summed E-state index contributed by atoms with van der Waals surface area (Å²) in [5.74, 6) is -0.886. The number of sulfonamides is 1. The molecule has 0 saturated carbocycles. The van der Waals surface area contributed by atoms with Crippen molar-refractivity contribution in [3.05, 3.63) is 59.9 Å². The van der Waals surface area contributed by atoms with Crippen LogP contribution in [0, 0.1) is 5.82 Å². The Kier molecular flexibility index (Phi) is 10.1. The van der Waals surface area contributed by atoms with Gasteiger partial charge in [-0.1, -0.05) is 32.0 Å². The summed E-state index contributed by atoms with van der Waals surface area (Å²) in [6.07, 6.45) is 1.99. The first kappa shape index (κ1) is 28.1. The molecule has 2 amide bonds. The van der Waals surface area contributed by atoms with Gasteiger partial charge in [-0.05, 0) is 55.7 Å². The van der Waals surface area contributed by atoms with Crippen molar-refractivity contribution < 1.29 is 27.1 Å². The average molecular weight is 508 g/mol. The SMILES string of the molecule is CC[C@@H](C)NC(=O)[C@H](CC)N(Cc1ccc(OC)cc1)C(=O)CN(c1cccc(F)c1)S(C)(=O)=O. The molecule has 0 saturated heterocycles. The number of rotatable bonds is 12. The van der Waals surface area contributed by atoms with E-state index >= 15 is 0 Å². The van der Waals surface area contributed by atoms with Gasteiger partial charge in [0.1, 0.15) is 24.2 Å². The second-order valence-electron chi connectivity index (χ2n) is 8.36. The molecule has 10 heteroatoms. The molecule has 0 spiro atoms. The van der Waals surface area contributed by atoms with Gasteiger partial charge in [0, 0.05) is 12.6 Å². The van der Waals surface area contributed by atoms with Crippen LogP contribution in [0.2, 0.25) is 0 Å². The molecule has 0 bridgehead atoms. The summed E-state index contributed by atoms with van der Waals surface area (Å²) in [4.78, 5) is 28.0. The Balaban J connectivity index is 2.43. The molecule has 192 valence electrons. The van der Waals surface area contributed by atoms with Gasteiger partial charge in [-0.3, -0.25) is 13.9 Å². The van der Waals surface area contributed by atoms with Crippen molar-refractivity contribution in [3.63, 3.8) is 0 Å². The first-order chi connectivity index (χ1) is 16.5. The van der Waals surface area contributed by atoms with E-state index in [-0.39, 0.29) is 24.2 Å². The predicted molar refractivity (Wildman–Crippen MR) is 134 cm³/mol. The second kappa shape index (κ2) is 12.5. The van der Waals surface area contributed by atoms with Crippen LogP contribution >= 0.6 is 0 Å². The van der Waals surface area contributed by atoms with E-state index < -0.39 is 34.3 Å². The molecule has 2 aromatic carbocycles. The Morgan fingerprint density at radius 2 is 1.74 bits per heavy atom. The third kappa shape index (κ3) is 7.95. The molecule has 2 atom stereocenters. The van der Waals surface area contributed by atoms with E-state index in [9.17, 15) is 22.4 Å². The molecule has 8 nitrogen and oxygen atoms in total. The fraction of sp³-hybridized carbons (Fsp3) is 0.440. The summed E-state index contributed by atoms with van der Waals surface area (Å²) in [6, 6.07) is 11.2. The summed E-state index contributed by atoms with van der Waals surface area (Å²) in [5.41, 5.74) is 0.771. The topological polar surface area (TPSA) is 96.0 Å². The Bertz CT molecular complexity index is 1110. The predicted octanol–water partition coefficient (Wildman–Crippen LogP) is 3.32. The highest BCUT2D eigenvalue weighted by atomic mass is 32.2. The molecule has 0 heterocycles. The summed E-state index contributed by atoms with van der Waals surface area (Å²) in [5, 5.41) is 2.91. The van der Waals surface area contributed by atoms with E-state index in [1.807, 2.05) is 13.8 Å². The quantitative estimate of drug-likeness (QED) is 0.476. The average Bonchev–Trinajstić information content (AvgIpc) is 2.81. The highest BCUT2D eigenvalue weighted by Crippen LogP contribution is 2.21. The molecule has 1 N–H and O–H groups in total. The fourth-order valence-corrected chi connectivity index (χ4v) is 4.37. The number of carbonyl (C=O) groups is 2. The van der Waals surface area contributed by atoms with Crippen molar-refractivity contribution in [2.24, 2.45) is 0 Å². The minimum Gasteiger partial charge on any atom is -0.497 e. The van der Waals surface area contributed by atoms with Crippen molar-refractivity contribution in [2.75, 3.05) is 24.2 Å². The number of ether oxygens (including phenoxy) is 1. The monoisotopic (exact) mass is 507 g/mol. The standard InChI is InChI=1S/C25H34FN3O5S/c1-6-18(3)27-25(31)23(7-2)28(16-19-11-13-22(34-4)14-12-19)24(30)17-29(35(5,32)33)21-10-8-9-20(26)15-21/h8-15,18,23H,6-7,16-17H2,1-5H3,(H,27,31)/t18-,23+/m1/s1. The highest BCUT2D eigenvalue weighted by molar-refractivity contribution is 7.92. The van der Waals surface area contributed by atoms with Crippen LogP contribution in [0.5, 0.6) is 5.75 Å². The number of nitrogens with one attached hydrogen (secondary N) is 1. The molecular formula is C25H34FN3O5S. The van der Waals surface area contributed by atoms with Crippen LogP contribution in [-0.2, 0) is 26.2 Å². The summed E-state index contributed by atoms with van der Waals surface area (Å²) >= 11 is 0. The molecule has 2 rings (SSSR count). The Hall–Kier alpha value is -3.14. The van der Waals surface area contributed by atoms with Gasteiger partial charge in [0.05, 0.1) is 19.1 Å². The molecule has 0 unspecified atom stereocenters. The minimum absolute atomic E-state index is 0.0300. The molecule has 0 aromatic heterocycles. The van der Waals surface area contributed by atoms with Gasteiger partial charge in [0.2, 0.25) is 21.8 Å². The van der Waals surface area contributed by atoms with E-state index in [2.05, 4.69) is 5.32 Å². The van der Waals surface area contributed by atoms with Crippen LogP contribution in [0.3, 0.4) is 0 Å². The molecule has 0 aliphatic rings. The van der Waals surface area contributed by atoms with Crippen LogP contribution in [-0.4, -0.2) is 57.1 Å². The zero-order valence-corrected chi connectivity index (χ0v) is 21.6. The lowest BCUT2D eigenvalue weighted by molar-refractivity contribution is -0.140. The molecule has 0 fully saturated rings.